The summed E-state index contributed by atoms with van der Waals surface area (Å²) in [5.41, 5.74) is 4.58. The van der Waals surface area contributed by atoms with Crippen LogP contribution in [0.25, 0.3) is 0 Å². The monoisotopic (exact) mass is 291 g/mol. The zero-order valence-electron chi connectivity index (χ0n) is 10.4. The molecule has 0 aliphatic rings. The van der Waals surface area contributed by atoms with Crippen molar-refractivity contribution in [3.8, 4) is 0 Å². The highest BCUT2D eigenvalue weighted by Crippen LogP contribution is 2.10. The lowest BCUT2D eigenvalue weighted by atomic mass is 10.3. The van der Waals surface area contributed by atoms with E-state index in [1.54, 1.807) is 12.5 Å². The first kappa shape index (κ1) is 13.8. The average molecular weight is 291 g/mol. The van der Waals surface area contributed by atoms with Gasteiger partial charge in [-0.1, -0.05) is 30.0 Å². The van der Waals surface area contributed by atoms with E-state index >= 15 is 0 Å². The summed E-state index contributed by atoms with van der Waals surface area (Å²) in [6.07, 6.45) is 3.38. The molecule has 0 aromatic carbocycles. The first-order valence-electron chi connectivity index (χ1n) is 5.66. The zero-order valence-corrected chi connectivity index (χ0v) is 12.0. The molecule has 0 saturated carbocycles. The molecule has 0 atom stereocenters. The van der Waals surface area contributed by atoms with Crippen LogP contribution in [-0.2, 0) is 5.75 Å². The molecule has 1 N–H and O–H groups in total. The fraction of sp³-hybridized carbons (Fsp3) is 0.154. The van der Waals surface area contributed by atoms with Gasteiger partial charge < -0.3 is 4.42 Å². The molecular formula is C13H13N3OS2. The standard InChI is InChI=1S/C13H13N3OS2/c1-10(12-6-4-8-17-12)15-16-13(18)19-9-11-5-2-3-7-14-11/h2-8H,9H2,1H3,(H,16,18)/b15-10+. The van der Waals surface area contributed by atoms with Gasteiger partial charge in [-0.2, -0.15) is 5.10 Å². The molecule has 0 fully saturated rings. The van der Waals surface area contributed by atoms with Crippen LogP contribution in [0.1, 0.15) is 18.4 Å². The van der Waals surface area contributed by atoms with Crippen LogP contribution in [0, 0.1) is 0 Å². The topological polar surface area (TPSA) is 50.4 Å². The van der Waals surface area contributed by atoms with E-state index in [-0.39, 0.29) is 0 Å². The Morgan fingerprint density at radius 2 is 2.32 bits per heavy atom. The fourth-order valence-corrected chi connectivity index (χ4v) is 2.11. The molecule has 6 heteroatoms. The van der Waals surface area contributed by atoms with Gasteiger partial charge in [-0.05, 0) is 31.2 Å². The summed E-state index contributed by atoms with van der Waals surface area (Å²) < 4.78 is 5.83. The van der Waals surface area contributed by atoms with Gasteiger partial charge in [-0.25, -0.2) is 0 Å². The van der Waals surface area contributed by atoms with Crippen LogP contribution < -0.4 is 5.43 Å². The SMILES string of the molecule is C/C(=N\NC(=S)SCc1ccccn1)c1ccco1. The number of rotatable bonds is 4. The number of furan rings is 1. The molecule has 0 bridgehead atoms. The van der Waals surface area contributed by atoms with Crippen molar-refractivity contribution in [3.05, 3.63) is 54.2 Å². The van der Waals surface area contributed by atoms with Gasteiger partial charge in [-0.15, -0.1) is 0 Å². The first-order chi connectivity index (χ1) is 9.25. The lowest BCUT2D eigenvalue weighted by molar-refractivity contribution is 0.556. The average Bonchev–Trinajstić information content (AvgIpc) is 2.98. The van der Waals surface area contributed by atoms with Crippen molar-refractivity contribution in [1.29, 1.82) is 0 Å². The van der Waals surface area contributed by atoms with Gasteiger partial charge in [0, 0.05) is 11.9 Å². The Bertz CT molecular complexity index is 553. The molecule has 2 heterocycles. The van der Waals surface area contributed by atoms with Crippen LogP contribution in [0.15, 0.2) is 52.3 Å². The summed E-state index contributed by atoms with van der Waals surface area (Å²) in [6, 6.07) is 9.49. The van der Waals surface area contributed by atoms with E-state index in [1.165, 1.54) is 11.8 Å². The van der Waals surface area contributed by atoms with Crippen molar-refractivity contribution >= 4 is 34.0 Å². The van der Waals surface area contributed by atoms with Crippen LogP contribution in [0.5, 0.6) is 0 Å². The van der Waals surface area contributed by atoms with Crippen molar-refractivity contribution in [2.45, 2.75) is 12.7 Å². The Kier molecular flexibility index (Phi) is 5.11. The Labute approximate surface area is 121 Å². The number of hydrazone groups is 1. The highest BCUT2D eigenvalue weighted by atomic mass is 32.2. The quantitative estimate of drug-likeness (QED) is 0.532. The highest BCUT2D eigenvalue weighted by molar-refractivity contribution is 8.22. The van der Waals surface area contributed by atoms with Crippen LogP contribution in [0.2, 0.25) is 0 Å². The van der Waals surface area contributed by atoms with E-state index in [0.29, 0.717) is 4.32 Å². The first-order valence-corrected chi connectivity index (χ1v) is 7.06. The fourth-order valence-electron chi connectivity index (χ4n) is 1.32. The zero-order chi connectivity index (χ0) is 13.5. The van der Waals surface area contributed by atoms with Crippen LogP contribution >= 0.6 is 24.0 Å². The van der Waals surface area contributed by atoms with Gasteiger partial charge in [0.15, 0.2) is 4.32 Å². The van der Waals surface area contributed by atoms with Crippen LogP contribution in [0.4, 0.5) is 0 Å². The van der Waals surface area contributed by atoms with E-state index in [9.17, 15) is 0 Å². The molecule has 0 spiro atoms. The summed E-state index contributed by atoms with van der Waals surface area (Å²) in [5.74, 6) is 1.45. The number of nitrogens with one attached hydrogen (secondary N) is 1. The van der Waals surface area contributed by atoms with Crippen molar-refractivity contribution in [1.82, 2.24) is 10.4 Å². The summed E-state index contributed by atoms with van der Waals surface area (Å²) in [5, 5.41) is 4.17. The van der Waals surface area contributed by atoms with Crippen molar-refractivity contribution in [2.24, 2.45) is 5.10 Å². The third-order valence-electron chi connectivity index (χ3n) is 2.27. The van der Waals surface area contributed by atoms with Gasteiger partial charge in [0.05, 0.1) is 12.0 Å². The van der Waals surface area contributed by atoms with Crippen LogP contribution in [-0.4, -0.2) is 15.0 Å². The minimum atomic E-state index is 0.608. The van der Waals surface area contributed by atoms with Crippen molar-refractivity contribution in [2.75, 3.05) is 0 Å². The molecule has 0 radical (unpaired) electrons. The van der Waals surface area contributed by atoms with Crippen molar-refractivity contribution in [3.63, 3.8) is 0 Å². The molecule has 4 nitrogen and oxygen atoms in total. The second-order valence-corrected chi connectivity index (χ2v) is 5.34. The van der Waals surface area contributed by atoms with E-state index in [4.69, 9.17) is 16.6 Å². The number of thiocarbonyl (C=S) groups is 1. The number of thioether (sulfide) groups is 1. The lowest BCUT2D eigenvalue weighted by Gasteiger charge is -2.03. The van der Waals surface area contributed by atoms with Gasteiger partial charge in [0.1, 0.15) is 11.5 Å². The molecule has 2 aromatic heterocycles. The van der Waals surface area contributed by atoms with E-state index in [1.807, 2.05) is 37.3 Å². The van der Waals surface area contributed by atoms with E-state index in [0.717, 1.165) is 22.9 Å². The number of hydrogen-bond donors (Lipinski definition) is 1. The van der Waals surface area contributed by atoms with Gasteiger partial charge in [-0.3, -0.25) is 10.4 Å². The van der Waals surface area contributed by atoms with Gasteiger partial charge in [0.2, 0.25) is 0 Å². The summed E-state index contributed by atoms with van der Waals surface area (Å²) in [4.78, 5) is 4.23. The normalized spacial score (nSPS) is 11.3. The second-order valence-electron chi connectivity index (χ2n) is 3.68. The second kappa shape index (κ2) is 7.06. The molecule has 0 aliphatic heterocycles. The number of aromatic nitrogens is 1. The maximum absolute atomic E-state index is 5.23. The smallest absolute Gasteiger partial charge is 0.154 e. The van der Waals surface area contributed by atoms with Gasteiger partial charge in [0.25, 0.3) is 0 Å². The predicted molar refractivity (Wildman–Crippen MR) is 82.2 cm³/mol. The Balaban J connectivity index is 1.80. The number of hydrogen-bond acceptors (Lipinski definition) is 5. The third kappa shape index (κ3) is 4.50. The molecule has 2 rings (SSSR count). The molecule has 98 valence electrons. The molecule has 0 aliphatic carbocycles. The molecule has 19 heavy (non-hydrogen) atoms. The van der Waals surface area contributed by atoms with E-state index < -0.39 is 0 Å². The summed E-state index contributed by atoms with van der Waals surface area (Å²) >= 11 is 6.68. The summed E-state index contributed by atoms with van der Waals surface area (Å²) in [6.45, 7) is 1.86. The van der Waals surface area contributed by atoms with E-state index in [2.05, 4.69) is 15.5 Å². The van der Waals surface area contributed by atoms with Crippen LogP contribution in [0.3, 0.4) is 0 Å². The van der Waals surface area contributed by atoms with Gasteiger partial charge >= 0.3 is 0 Å². The minimum Gasteiger partial charge on any atom is -0.463 e. The number of pyridine rings is 1. The lowest BCUT2D eigenvalue weighted by Crippen LogP contribution is -2.13. The molecule has 0 unspecified atom stereocenters. The molecule has 2 aromatic rings. The minimum absolute atomic E-state index is 0.608. The molecular weight excluding hydrogens is 278 g/mol. The maximum atomic E-state index is 5.23. The number of nitrogens with zero attached hydrogens (tertiary/aromatic N) is 2. The largest absolute Gasteiger partial charge is 0.463 e. The Hall–Kier alpha value is -1.66. The maximum Gasteiger partial charge on any atom is 0.154 e. The Morgan fingerprint density at radius 1 is 1.42 bits per heavy atom. The molecule has 0 amide bonds. The van der Waals surface area contributed by atoms with Crippen molar-refractivity contribution < 1.29 is 4.42 Å². The third-order valence-corrected chi connectivity index (χ3v) is 3.51. The molecule has 0 saturated heterocycles. The Morgan fingerprint density at radius 3 is 3.00 bits per heavy atom. The summed E-state index contributed by atoms with van der Waals surface area (Å²) in [7, 11) is 0. The highest BCUT2D eigenvalue weighted by Gasteiger charge is 2.02. The predicted octanol–water partition coefficient (Wildman–Crippen LogP) is 3.21.